The molecule has 1 rings (SSSR count). The highest BCUT2D eigenvalue weighted by Crippen LogP contribution is 2.28. The third kappa shape index (κ3) is 3.01. The maximum atomic E-state index is 2.44. The Morgan fingerprint density at radius 2 is 1.59 bits per heavy atom. The van der Waals surface area contributed by atoms with Crippen molar-refractivity contribution in [3.8, 4) is 0 Å². The van der Waals surface area contributed by atoms with E-state index in [9.17, 15) is 0 Å². The van der Waals surface area contributed by atoms with Gasteiger partial charge in [-0.3, -0.25) is 0 Å². The molecule has 0 N–H and O–H groups in total. The second-order valence-corrected chi connectivity index (χ2v) is 12.2. The molecule has 1 aromatic rings. The average molecular weight is 248 g/mol. The Balaban J connectivity index is 3.49. The van der Waals surface area contributed by atoms with Crippen molar-refractivity contribution in [1.29, 1.82) is 0 Å². The van der Waals surface area contributed by atoms with Gasteiger partial charge in [0.05, 0.1) is 8.07 Å². The van der Waals surface area contributed by atoms with Crippen molar-refractivity contribution in [1.82, 2.24) is 0 Å². The van der Waals surface area contributed by atoms with Gasteiger partial charge >= 0.3 is 0 Å². The first-order valence-electron chi connectivity index (χ1n) is 6.72. The van der Waals surface area contributed by atoms with Crippen LogP contribution in [0, 0.1) is 6.92 Å². The van der Waals surface area contributed by atoms with E-state index in [1.54, 1.807) is 16.3 Å². The first-order valence-corrected chi connectivity index (χ1v) is 10.2. The van der Waals surface area contributed by atoms with E-state index in [1.807, 2.05) is 0 Å². The zero-order chi connectivity index (χ0) is 13.4. The molecular formula is C16H28Si. The lowest BCUT2D eigenvalue weighted by Gasteiger charge is -2.28. The largest absolute Gasteiger partial charge is 0.0779 e. The first-order chi connectivity index (χ1) is 7.59. The lowest BCUT2D eigenvalue weighted by Crippen LogP contribution is -2.40. The number of benzene rings is 1. The molecule has 0 atom stereocenters. The Morgan fingerprint density at radius 3 is 1.94 bits per heavy atom. The number of hydrogen-bond donors (Lipinski definition) is 0. The molecular weight excluding hydrogens is 220 g/mol. The summed E-state index contributed by atoms with van der Waals surface area (Å²) in [5, 5.41) is 1.63. The molecule has 96 valence electrons. The normalized spacial score (nSPS) is 12.9. The lowest BCUT2D eigenvalue weighted by atomic mass is 9.81. The molecule has 1 aromatic carbocycles. The van der Waals surface area contributed by atoms with Crippen LogP contribution in [-0.2, 0) is 11.8 Å². The van der Waals surface area contributed by atoms with Crippen molar-refractivity contribution < 1.29 is 0 Å². The van der Waals surface area contributed by atoms with E-state index in [-0.39, 0.29) is 5.41 Å². The molecule has 0 radical (unpaired) electrons. The fraction of sp³-hybridized carbons (Fsp3) is 0.625. The molecule has 0 amide bonds. The van der Waals surface area contributed by atoms with Gasteiger partial charge in [0.2, 0.25) is 0 Å². The van der Waals surface area contributed by atoms with Crippen LogP contribution < -0.4 is 5.19 Å². The maximum absolute atomic E-state index is 2.44. The van der Waals surface area contributed by atoms with Crippen LogP contribution in [0.3, 0.4) is 0 Å². The molecule has 0 nitrogen and oxygen atoms in total. The van der Waals surface area contributed by atoms with Gasteiger partial charge in [-0.25, -0.2) is 0 Å². The van der Waals surface area contributed by atoms with Gasteiger partial charge in [0.1, 0.15) is 0 Å². The van der Waals surface area contributed by atoms with Crippen molar-refractivity contribution >= 4 is 13.3 Å². The van der Waals surface area contributed by atoms with E-state index in [2.05, 4.69) is 66.4 Å². The SMILES string of the molecule is CCc1c(C(C)(C)C)ccc([Si](C)(C)C)c1C. The van der Waals surface area contributed by atoms with E-state index in [1.165, 1.54) is 5.56 Å². The predicted molar refractivity (Wildman–Crippen MR) is 82.2 cm³/mol. The molecule has 0 aliphatic heterocycles. The smallest absolute Gasteiger partial charge is 0.0656 e. The van der Waals surface area contributed by atoms with Crippen LogP contribution in [0.5, 0.6) is 0 Å². The highest BCUT2D eigenvalue weighted by molar-refractivity contribution is 6.89. The fourth-order valence-corrected chi connectivity index (χ4v) is 4.59. The molecule has 0 aliphatic rings. The molecule has 0 saturated carbocycles. The van der Waals surface area contributed by atoms with E-state index in [0.717, 1.165) is 6.42 Å². The van der Waals surface area contributed by atoms with Gasteiger partial charge in [0.25, 0.3) is 0 Å². The quantitative estimate of drug-likeness (QED) is 0.681. The average Bonchev–Trinajstić information content (AvgIpc) is 2.13. The second kappa shape index (κ2) is 4.60. The van der Waals surface area contributed by atoms with Gasteiger partial charge in [0, 0.05) is 0 Å². The molecule has 0 aliphatic carbocycles. The summed E-state index contributed by atoms with van der Waals surface area (Å²) in [6.45, 7) is 18.9. The Kier molecular flexibility index (Phi) is 3.93. The lowest BCUT2D eigenvalue weighted by molar-refractivity contribution is 0.582. The summed E-state index contributed by atoms with van der Waals surface area (Å²) in [7, 11) is -1.21. The Hall–Kier alpha value is -0.563. The van der Waals surface area contributed by atoms with Gasteiger partial charge in [0.15, 0.2) is 0 Å². The Morgan fingerprint density at radius 1 is 1.06 bits per heavy atom. The van der Waals surface area contributed by atoms with E-state index < -0.39 is 8.07 Å². The minimum Gasteiger partial charge on any atom is -0.0656 e. The molecule has 0 heterocycles. The topological polar surface area (TPSA) is 0 Å². The van der Waals surface area contributed by atoms with E-state index in [4.69, 9.17) is 0 Å². The molecule has 0 saturated heterocycles. The maximum Gasteiger partial charge on any atom is 0.0779 e. The minimum atomic E-state index is -1.21. The minimum absolute atomic E-state index is 0.258. The van der Waals surface area contributed by atoms with Crippen molar-refractivity contribution in [2.45, 2.75) is 66.1 Å². The molecule has 1 heteroatoms. The summed E-state index contributed by atoms with van der Waals surface area (Å²) in [6, 6.07) is 4.76. The van der Waals surface area contributed by atoms with Crippen molar-refractivity contribution in [3.05, 3.63) is 28.8 Å². The zero-order valence-corrected chi connectivity index (χ0v) is 13.9. The van der Waals surface area contributed by atoms with Crippen molar-refractivity contribution in [2.75, 3.05) is 0 Å². The Bertz CT molecular complexity index is 403. The predicted octanol–water partition coefficient (Wildman–Crippen LogP) is 4.40. The van der Waals surface area contributed by atoms with Crippen LogP contribution in [0.15, 0.2) is 12.1 Å². The summed E-state index contributed by atoms with van der Waals surface area (Å²) in [5.41, 5.74) is 4.92. The van der Waals surface area contributed by atoms with Crippen LogP contribution in [0.25, 0.3) is 0 Å². The zero-order valence-electron chi connectivity index (χ0n) is 12.9. The number of hydrogen-bond acceptors (Lipinski definition) is 0. The highest BCUT2D eigenvalue weighted by Gasteiger charge is 2.24. The summed E-state index contributed by atoms with van der Waals surface area (Å²) < 4.78 is 0. The first kappa shape index (κ1) is 14.5. The highest BCUT2D eigenvalue weighted by atomic mass is 28.3. The summed E-state index contributed by atoms with van der Waals surface area (Å²) in [6.07, 6.45) is 1.15. The Labute approximate surface area is 108 Å². The van der Waals surface area contributed by atoms with Gasteiger partial charge in [-0.2, -0.15) is 0 Å². The molecule has 17 heavy (non-hydrogen) atoms. The van der Waals surface area contributed by atoms with Gasteiger partial charge in [-0.1, -0.05) is 64.7 Å². The molecule has 0 fully saturated rings. The van der Waals surface area contributed by atoms with Crippen LogP contribution in [-0.4, -0.2) is 8.07 Å². The van der Waals surface area contributed by atoms with Crippen molar-refractivity contribution in [3.63, 3.8) is 0 Å². The standard InChI is InChI=1S/C16H28Si/c1-9-13-12(2)15(17(6,7)8)11-10-14(13)16(3,4)5/h10-11H,9H2,1-8H3. The second-order valence-electron chi connectivity index (χ2n) is 7.12. The summed E-state index contributed by atoms with van der Waals surface area (Å²) in [5.74, 6) is 0. The molecule has 0 unspecified atom stereocenters. The van der Waals surface area contributed by atoms with E-state index >= 15 is 0 Å². The van der Waals surface area contributed by atoms with Gasteiger partial charge in [-0.15, -0.1) is 0 Å². The third-order valence-electron chi connectivity index (χ3n) is 3.57. The fourth-order valence-electron chi connectivity index (χ4n) is 2.73. The summed E-state index contributed by atoms with van der Waals surface area (Å²) >= 11 is 0. The van der Waals surface area contributed by atoms with Crippen LogP contribution in [0.1, 0.15) is 44.4 Å². The third-order valence-corrected chi connectivity index (χ3v) is 5.73. The van der Waals surface area contributed by atoms with Gasteiger partial charge in [-0.05, 0) is 35.4 Å². The van der Waals surface area contributed by atoms with Crippen molar-refractivity contribution in [2.24, 2.45) is 0 Å². The van der Waals surface area contributed by atoms with Gasteiger partial charge < -0.3 is 0 Å². The van der Waals surface area contributed by atoms with E-state index in [0.29, 0.717) is 0 Å². The summed E-state index contributed by atoms with van der Waals surface area (Å²) in [4.78, 5) is 0. The van der Waals surface area contributed by atoms with Crippen LogP contribution in [0.4, 0.5) is 0 Å². The number of rotatable bonds is 2. The molecule has 0 aromatic heterocycles. The van der Waals surface area contributed by atoms with Crippen LogP contribution >= 0.6 is 0 Å². The molecule has 0 bridgehead atoms. The monoisotopic (exact) mass is 248 g/mol. The van der Waals surface area contributed by atoms with Crippen LogP contribution in [0.2, 0.25) is 19.6 Å². The molecule has 0 spiro atoms.